The zero-order valence-electron chi connectivity index (χ0n) is 27.2. The predicted octanol–water partition coefficient (Wildman–Crippen LogP) is 5.88. The van der Waals surface area contributed by atoms with Crippen molar-refractivity contribution in [3.05, 3.63) is 128 Å². The summed E-state index contributed by atoms with van der Waals surface area (Å²) < 4.78 is 34.3. The molecule has 1 radical (unpaired) electrons. The number of aryl methyl sites for hydroxylation is 2. The van der Waals surface area contributed by atoms with Crippen LogP contribution in [0.15, 0.2) is 121 Å². The fourth-order valence-corrected chi connectivity index (χ4v) is 5.44. The number of nitrogens with zero attached hydrogens (tertiary/aromatic N) is 8. The van der Waals surface area contributed by atoms with Crippen LogP contribution in [0.4, 0.5) is 28.4 Å². The Kier molecular flexibility index (Phi) is 12.3. The number of azo groups is 2. The predicted molar refractivity (Wildman–Crippen MR) is 184 cm³/mol. The van der Waals surface area contributed by atoms with Gasteiger partial charge in [-0.05, 0) is 50.2 Å². The largest absolute Gasteiger partial charge is 3.00 e. The first kappa shape index (κ1) is 39.6. The topological polar surface area (TPSA) is 272 Å². The molecule has 0 saturated heterocycles. The van der Waals surface area contributed by atoms with Crippen molar-refractivity contribution in [3.63, 3.8) is 0 Å². The fourth-order valence-electron chi connectivity index (χ4n) is 4.53. The average molecular weight is 799 g/mol. The molecule has 6 aromatic rings. The van der Waals surface area contributed by atoms with Crippen LogP contribution in [-0.4, -0.2) is 42.6 Å². The molecule has 0 spiro atoms. The van der Waals surface area contributed by atoms with Crippen LogP contribution >= 0.6 is 11.6 Å². The number of aromatic nitrogens is 4. The van der Waals surface area contributed by atoms with Gasteiger partial charge in [0.2, 0.25) is 0 Å². The summed E-state index contributed by atoms with van der Waals surface area (Å²) in [5.74, 6) is -1.64. The summed E-state index contributed by atoms with van der Waals surface area (Å²) in [7, 11) is -4.66. The molecule has 4 aromatic carbocycles. The normalized spacial score (nSPS) is 11.3. The molecule has 6 rings (SSSR count). The van der Waals surface area contributed by atoms with E-state index in [-0.39, 0.29) is 50.8 Å². The Morgan fingerprint density at radius 3 is 2.06 bits per heavy atom. The quantitative estimate of drug-likeness (QED) is 0.0611. The molecule has 0 amide bonds. The van der Waals surface area contributed by atoms with E-state index in [0.29, 0.717) is 22.8 Å². The molecule has 0 fully saturated rings. The molecule has 0 aliphatic rings. The zero-order chi connectivity index (χ0) is 37.7. The number of hydrogen-bond acceptors (Lipinski definition) is 12. The monoisotopic (exact) mass is 798 g/mol. The van der Waals surface area contributed by atoms with Gasteiger partial charge >= 0.3 is 33.2 Å². The zero-order valence-corrected chi connectivity index (χ0v) is 30.1. The first-order chi connectivity index (χ1) is 24.6. The SMILES string of the molecule is Cc1[nH]n(-c2ccccc2)c(=O)c1N=Nc1cc([N+](=O)[O-])ccc1[O-].Cc1nn(-c2ccccc2)c([O-])c1N=Nc1cc(Cl)cc(S(=O)(=O)O)c1[OH2+].[Cr+3]. The van der Waals surface area contributed by atoms with Gasteiger partial charge in [-0.1, -0.05) is 59.8 Å². The van der Waals surface area contributed by atoms with Gasteiger partial charge in [-0.15, -0.1) is 15.3 Å². The van der Waals surface area contributed by atoms with Gasteiger partial charge in [-0.25, -0.2) is 9.36 Å². The number of H-pyrrole nitrogens is 1. The van der Waals surface area contributed by atoms with Gasteiger partial charge < -0.3 is 15.3 Å². The number of para-hydroxylation sites is 2. The Morgan fingerprint density at radius 1 is 0.868 bits per heavy atom. The van der Waals surface area contributed by atoms with Crippen molar-refractivity contribution in [1.82, 2.24) is 19.6 Å². The van der Waals surface area contributed by atoms with E-state index >= 15 is 0 Å². The molecule has 0 aliphatic heterocycles. The van der Waals surface area contributed by atoms with E-state index in [1.807, 2.05) is 6.07 Å². The second-order valence-corrected chi connectivity index (χ2v) is 12.5. The molecular weight excluding hydrogens is 774 g/mol. The molecule has 2 heterocycles. The van der Waals surface area contributed by atoms with E-state index in [2.05, 4.69) is 30.7 Å². The van der Waals surface area contributed by atoms with E-state index in [9.17, 15) is 38.1 Å². The van der Waals surface area contributed by atoms with Gasteiger partial charge in [0, 0.05) is 23.0 Å². The van der Waals surface area contributed by atoms with Crippen LogP contribution < -0.4 is 15.8 Å². The molecule has 18 nitrogen and oxygen atoms in total. The van der Waals surface area contributed by atoms with E-state index in [0.717, 1.165) is 28.9 Å². The van der Waals surface area contributed by atoms with Crippen molar-refractivity contribution < 1.29 is 50.6 Å². The minimum absolute atomic E-state index is 0. The summed E-state index contributed by atoms with van der Waals surface area (Å²) >= 11 is 5.82. The van der Waals surface area contributed by atoms with Crippen LogP contribution in [0.25, 0.3) is 11.4 Å². The standard InChI is InChI=1S/C16H13ClN4O5S.C16H13N5O4.Cr/c1-9-14(16(23)21(20-9)11-5-3-2-4-6-11)19-18-12-7-10(17)8-13(15(12)22)27(24,25)26;1-10-15(16(23)20(19-10)11-5-3-2-4-6-11)18-17-13-9-12(21(24)25)7-8-14(13)22;/h2-8,22-23H,1H3,(H,24,25,26);2-9,19,22H,1H3;/q;;+3/p-1. The Hall–Kier alpha value is -6.17. The minimum Gasteiger partial charge on any atom is -0.871 e. The van der Waals surface area contributed by atoms with Gasteiger partial charge in [0.1, 0.15) is 5.69 Å². The van der Waals surface area contributed by atoms with Gasteiger partial charge in [-0.2, -0.15) is 18.6 Å². The summed E-state index contributed by atoms with van der Waals surface area (Å²) in [6, 6.07) is 22.9. The molecule has 0 aliphatic carbocycles. The maximum absolute atomic E-state index is 12.5. The summed E-state index contributed by atoms with van der Waals surface area (Å²) in [5, 5.41) is 65.0. The average Bonchev–Trinajstić information content (AvgIpc) is 3.56. The Bertz CT molecular complexity index is 2520. The van der Waals surface area contributed by atoms with Crippen LogP contribution in [0.5, 0.6) is 17.4 Å². The molecule has 0 saturated carbocycles. The first-order valence-corrected chi connectivity index (χ1v) is 16.5. The van der Waals surface area contributed by atoms with Gasteiger partial charge in [0.15, 0.2) is 16.3 Å². The maximum atomic E-state index is 12.5. The van der Waals surface area contributed by atoms with Crippen molar-refractivity contribution in [2.24, 2.45) is 20.5 Å². The van der Waals surface area contributed by atoms with Crippen molar-refractivity contribution >= 4 is 50.2 Å². The second kappa shape index (κ2) is 16.5. The third-order valence-electron chi connectivity index (χ3n) is 7.04. The Labute approximate surface area is 315 Å². The number of non-ortho nitro benzene ring substituents is 1. The number of hydrogen-bond donors (Lipinski definition) is 2. The fraction of sp³-hybridized carbons (Fsp3) is 0.0625. The van der Waals surface area contributed by atoms with Crippen LogP contribution in [0.3, 0.4) is 0 Å². The molecule has 53 heavy (non-hydrogen) atoms. The minimum atomic E-state index is -4.66. The van der Waals surface area contributed by atoms with E-state index < -0.39 is 42.9 Å². The Balaban J connectivity index is 0.000000233. The molecule has 0 unspecified atom stereocenters. The number of nitro benzene ring substituents is 1. The van der Waals surface area contributed by atoms with Crippen molar-refractivity contribution in [2.45, 2.75) is 18.7 Å². The number of nitro groups is 1. The van der Waals surface area contributed by atoms with Crippen LogP contribution in [0.1, 0.15) is 11.4 Å². The van der Waals surface area contributed by atoms with Crippen molar-refractivity contribution in [1.29, 1.82) is 0 Å². The number of nitrogens with one attached hydrogen (secondary N) is 1. The van der Waals surface area contributed by atoms with Crippen molar-refractivity contribution in [2.75, 3.05) is 0 Å². The number of halogens is 1. The first-order valence-electron chi connectivity index (χ1n) is 14.7. The summed E-state index contributed by atoms with van der Waals surface area (Å²) in [5.41, 5.74) is 0.739. The summed E-state index contributed by atoms with van der Waals surface area (Å²) in [6.45, 7) is 3.21. The van der Waals surface area contributed by atoms with Gasteiger partial charge in [-0.3, -0.25) is 24.6 Å². The van der Waals surface area contributed by atoms with Gasteiger partial charge in [0.25, 0.3) is 11.2 Å². The molecule has 269 valence electrons. The molecule has 2 aromatic heterocycles. The third-order valence-corrected chi connectivity index (χ3v) is 8.13. The number of benzene rings is 4. The molecular formula is C32H25ClCrN9O9S+2. The Morgan fingerprint density at radius 2 is 1.45 bits per heavy atom. The smallest absolute Gasteiger partial charge is 0.871 e. The summed E-state index contributed by atoms with van der Waals surface area (Å²) in [4.78, 5) is 21.9. The third kappa shape index (κ3) is 9.02. The summed E-state index contributed by atoms with van der Waals surface area (Å²) in [6.07, 6.45) is 0. The molecule has 4 N–H and O–H groups in total. The molecule has 21 heteroatoms. The molecule has 0 bridgehead atoms. The number of aromatic amines is 1. The van der Waals surface area contributed by atoms with Crippen LogP contribution in [0, 0.1) is 24.0 Å². The number of rotatable bonds is 8. The van der Waals surface area contributed by atoms with Crippen molar-refractivity contribution in [3.8, 4) is 28.8 Å². The van der Waals surface area contributed by atoms with E-state index in [1.165, 1.54) is 10.7 Å². The van der Waals surface area contributed by atoms with Crippen LogP contribution in [-0.2, 0) is 27.5 Å². The van der Waals surface area contributed by atoms with E-state index in [1.54, 1.807) is 68.4 Å². The van der Waals surface area contributed by atoms with Crippen LogP contribution in [0.2, 0.25) is 5.02 Å². The second-order valence-electron chi connectivity index (χ2n) is 10.6. The van der Waals surface area contributed by atoms with E-state index in [4.69, 9.17) is 16.7 Å². The molecule has 0 atom stereocenters. The maximum Gasteiger partial charge on any atom is 3.00 e. The van der Waals surface area contributed by atoms with Gasteiger partial charge in [0.05, 0.1) is 33.4 Å².